The van der Waals surface area contributed by atoms with Gasteiger partial charge in [-0.3, -0.25) is 14.4 Å². The molecule has 0 bridgehead atoms. The molecule has 3 heterocycles. The molecule has 1 aromatic carbocycles. The Labute approximate surface area is 256 Å². The van der Waals surface area contributed by atoms with Crippen molar-refractivity contribution >= 4 is 46.4 Å². The van der Waals surface area contributed by atoms with Crippen molar-refractivity contribution in [3.8, 4) is 0 Å². The minimum Gasteiger partial charge on any atom is -0.370 e. The molecular formula is C33H37Cl2FN2O4. The second-order valence-corrected chi connectivity index (χ2v) is 14.5. The Bertz CT molecular complexity index is 1440. The number of halogens is 3. The maximum absolute atomic E-state index is 16.0. The number of hydrogen-bond acceptors (Lipinski definition) is 5. The Hall–Kier alpha value is -2.35. The zero-order valence-electron chi connectivity index (χ0n) is 24.3. The number of carbonyl (C=O) groups excluding carboxylic acids is 3. The molecule has 224 valence electrons. The van der Waals surface area contributed by atoms with Crippen LogP contribution in [0.15, 0.2) is 30.5 Å². The molecule has 6 nitrogen and oxygen atoms in total. The van der Waals surface area contributed by atoms with Gasteiger partial charge in [0.25, 0.3) is 0 Å². The molecule has 2 spiro atoms. The quantitative estimate of drug-likeness (QED) is 0.353. The molecule has 1 aromatic heterocycles. The number of nitrogens with zero attached hydrogens (tertiary/aromatic N) is 1. The lowest BCUT2D eigenvalue weighted by Crippen LogP contribution is -2.52. The summed E-state index contributed by atoms with van der Waals surface area (Å²) >= 11 is 12.6. The molecule has 1 amide bonds. The number of hydrogen-bond donors (Lipinski definition) is 1. The van der Waals surface area contributed by atoms with Crippen LogP contribution in [0.1, 0.15) is 89.2 Å². The maximum Gasteiger partial charge on any atom is 0.236 e. The van der Waals surface area contributed by atoms with Gasteiger partial charge in [0.05, 0.1) is 12.0 Å². The van der Waals surface area contributed by atoms with Crippen LogP contribution in [0.25, 0.3) is 0 Å². The Morgan fingerprint density at radius 1 is 1.12 bits per heavy atom. The molecule has 3 fully saturated rings. The third kappa shape index (κ3) is 4.62. The first kappa shape index (κ1) is 29.7. The number of carbonyl (C=O) groups is 3. The van der Waals surface area contributed by atoms with Gasteiger partial charge >= 0.3 is 0 Å². The van der Waals surface area contributed by atoms with E-state index in [4.69, 9.17) is 27.9 Å². The lowest BCUT2D eigenvalue weighted by atomic mass is 9.51. The molecule has 0 radical (unpaired) electrons. The summed E-state index contributed by atoms with van der Waals surface area (Å²) in [5.74, 6) is -2.33. The summed E-state index contributed by atoms with van der Waals surface area (Å²) in [7, 11) is 0. The van der Waals surface area contributed by atoms with Crippen molar-refractivity contribution in [3.05, 3.63) is 57.6 Å². The number of pyridine rings is 1. The molecule has 9 heteroatoms. The third-order valence-corrected chi connectivity index (χ3v) is 11.3. The van der Waals surface area contributed by atoms with Crippen LogP contribution >= 0.6 is 23.2 Å². The number of ketones is 2. The number of anilines is 1. The maximum atomic E-state index is 16.0. The molecule has 1 N–H and O–H groups in total. The van der Waals surface area contributed by atoms with Crippen LogP contribution in [0.4, 0.5) is 10.1 Å². The Morgan fingerprint density at radius 3 is 2.52 bits per heavy atom. The molecule has 42 heavy (non-hydrogen) atoms. The van der Waals surface area contributed by atoms with E-state index in [1.165, 1.54) is 13.1 Å². The molecule has 1 saturated heterocycles. The highest BCUT2D eigenvalue weighted by Gasteiger charge is 2.72. The van der Waals surface area contributed by atoms with E-state index in [-0.39, 0.29) is 45.9 Å². The molecule has 2 aliphatic carbocycles. The van der Waals surface area contributed by atoms with Gasteiger partial charge in [-0.25, -0.2) is 9.37 Å². The summed E-state index contributed by atoms with van der Waals surface area (Å²) in [5.41, 5.74) is -0.00931. The highest BCUT2D eigenvalue weighted by atomic mass is 35.5. The molecule has 0 unspecified atom stereocenters. The van der Waals surface area contributed by atoms with E-state index in [1.54, 1.807) is 18.2 Å². The second kappa shape index (κ2) is 10.7. The topological polar surface area (TPSA) is 85.4 Å². The Morgan fingerprint density at radius 2 is 1.86 bits per heavy atom. The summed E-state index contributed by atoms with van der Waals surface area (Å²) in [6.07, 6.45) is 6.30. The number of benzene rings is 1. The van der Waals surface area contributed by atoms with Crippen LogP contribution in [-0.4, -0.2) is 35.2 Å². The van der Waals surface area contributed by atoms with Gasteiger partial charge in [0.1, 0.15) is 11.9 Å². The van der Waals surface area contributed by atoms with Crippen molar-refractivity contribution in [2.75, 3.05) is 11.9 Å². The molecule has 2 aliphatic heterocycles. The average Bonchev–Trinajstić information content (AvgIpc) is 3.40. The minimum atomic E-state index is -1.18. The SMILES string of the molecule is CC(=O)[C@@H]1CC[C@@H](CC(=O)[C@@H]2CC3(CCC(C)(C)CC3)[C@@]3(C(=O)Nc4cc(Cl)ccc43)[C@H]2c2ccnc(Cl)c2F)CO1. The monoisotopic (exact) mass is 614 g/mol. The van der Waals surface area contributed by atoms with E-state index >= 15 is 4.39 Å². The standard InChI is InChI=1S/C33H37Cl2FN2O4/c1-18(39)26-7-4-19(17-42-26)14-25(40)22-16-32(11-9-31(2,3)10-12-32)33(27(22)21-8-13-37-29(35)28(21)36)23-6-5-20(34)15-24(23)38-30(33)41/h5-6,8,13,15,19,22,26-27H,4,7,9-12,14,16-17H2,1-3H3,(H,38,41)/t19-,22-,26-,27-,33+/m0/s1. The molecule has 2 aromatic rings. The highest BCUT2D eigenvalue weighted by Crippen LogP contribution is 2.72. The summed E-state index contributed by atoms with van der Waals surface area (Å²) in [6.45, 7) is 6.33. The first-order valence-electron chi connectivity index (χ1n) is 14.9. The van der Waals surface area contributed by atoms with E-state index in [0.717, 1.165) is 31.2 Å². The van der Waals surface area contributed by atoms with E-state index in [2.05, 4.69) is 24.1 Å². The Kier molecular flexibility index (Phi) is 7.55. The third-order valence-electron chi connectivity index (χ3n) is 10.8. The van der Waals surface area contributed by atoms with Gasteiger partial charge in [0.15, 0.2) is 16.8 Å². The second-order valence-electron chi connectivity index (χ2n) is 13.7. The van der Waals surface area contributed by atoms with Gasteiger partial charge in [-0.05, 0) is 97.9 Å². The summed E-state index contributed by atoms with van der Waals surface area (Å²) in [5, 5.41) is 3.31. The smallest absolute Gasteiger partial charge is 0.236 e. The fraction of sp³-hybridized carbons (Fsp3) is 0.576. The first-order chi connectivity index (χ1) is 19.9. The van der Waals surface area contributed by atoms with Crippen LogP contribution in [0.3, 0.4) is 0 Å². The van der Waals surface area contributed by atoms with Crippen LogP contribution < -0.4 is 5.32 Å². The Balaban J connectivity index is 1.49. The van der Waals surface area contributed by atoms with Gasteiger partial charge < -0.3 is 10.1 Å². The number of rotatable bonds is 5. The zero-order chi connectivity index (χ0) is 30.0. The molecule has 4 aliphatic rings. The molecule has 6 rings (SSSR count). The van der Waals surface area contributed by atoms with E-state index in [9.17, 15) is 14.4 Å². The predicted molar refractivity (Wildman–Crippen MR) is 159 cm³/mol. The van der Waals surface area contributed by atoms with Gasteiger partial charge in [-0.15, -0.1) is 0 Å². The van der Waals surface area contributed by atoms with Gasteiger partial charge in [-0.2, -0.15) is 0 Å². The largest absolute Gasteiger partial charge is 0.370 e. The average molecular weight is 616 g/mol. The molecule has 2 saturated carbocycles. The van der Waals surface area contributed by atoms with Crippen molar-refractivity contribution in [2.24, 2.45) is 22.7 Å². The van der Waals surface area contributed by atoms with Crippen molar-refractivity contribution in [1.82, 2.24) is 4.98 Å². The van der Waals surface area contributed by atoms with Crippen LogP contribution in [0, 0.1) is 28.5 Å². The number of nitrogens with one attached hydrogen (secondary N) is 1. The highest BCUT2D eigenvalue weighted by molar-refractivity contribution is 6.31. The predicted octanol–water partition coefficient (Wildman–Crippen LogP) is 7.45. The van der Waals surface area contributed by atoms with E-state index < -0.39 is 34.6 Å². The molecular weight excluding hydrogens is 578 g/mol. The van der Waals surface area contributed by atoms with Crippen molar-refractivity contribution in [3.63, 3.8) is 0 Å². The zero-order valence-corrected chi connectivity index (χ0v) is 25.8. The van der Waals surface area contributed by atoms with Gasteiger partial charge in [0.2, 0.25) is 5.91 Å². The fourth-order valence-electron chi connectivity index (χ4n) is 8.62. The normalized spacial score (nSPS) is 31.2. The lowest BCUT2D eigenvalue weighted by Gasteiger charge is -2.51. The number of aromatic nitrogens is 1. The van der Waals surface area contributed by atoms with Crippen molar-refractivity contribution in [2.45, 2.75) is 89.6 Å². The summed E-state index contributed by atoms with van der Waals surface area (Å²) in [6, 6.07) is 6.99. The number of fused-ring (bicyclic) bond motifs is 3. The van der Waals surface area contributed by atoms with E-state index in [1.807, 2.05) is 6.07 Å². The van der Waals surface area contributed by atoms with Crippen molar-refractivity contribution in [1.29, 1.82) is 0 Å². The number of ether oxygens (including phenoxy) is 1. The summed E-state index contributed by atoms with van der Waals surface area (Å²) < 4.78 is 21.8. The minimum absolute atomic E-state index is 0.00138. The van der Waals surface area contributed by atoms with Crippen LogP contribution in [0.5, 0.6) is 0 Å². The number of Topliss-reactive ketones (excluding diaryl/α,β-unsaturated/α-hetero) is 2. The van der Waals surface area contributed by atoms with E-state index in [0.29, 0.717) is 36.6 Å². The number of amides is 1. The molecule has 5 atom stereocenters. The van der Waals surface area contributed by atoms with Crippen LogP contribution in [0.2, 0.25) is 10.2 Å². The van der Waals surface area contributed by atoms with Gasteiger partial charge in [-0.1, -0.05) is 43.1 Å². The first-order valence-corrected chi connectivity index (χ1v) is 15.7. The van der Waals surface area contributed by atoms with Crippen molar-refractivity contribution < 1.29 is 23.5 Å². The van der Waals surface area contributed by atoms with Gasteiger partial charge in [0, 0.05) is 35.2 Å². The summed E-state index contributed by atoms with van der Waals surface area (Å²) in [4.78, 5) is 44.8. The lowest BCUT2D eigenvalue weighted by molar-refractivity contribution is -0.134. The van der Waals surface area contributed by atoms with Crippen LogP contribution in [-0.2, 0) is 24.5 Å². The fourth-order valence-corrected chi connectivity index (χ4v) is 8.96.